The fourth-order valence-corrected chi connectivity index (χ4v) is 8.72. The molecule has 318 valence electrons. The molecule has 0 bridgehead atoms. The number of nitrogens with zero attached hydrogens (tertiary/aromatic N) is 5. The van der Waals surface area contributed by atoms with E-state index in [1.807, 2.05) is 6.07 Å². The Kier molecular flexibility index (Phi) is 17.8. The van der Waals surface area contributed by atoms with Gasteiger partial charge >= 0.3 is 7.82 Å². The number of nitrogens with two attached hydrogens (primary N) is 1. The van der Waals surface area contributed by atoms with Crippen molar-refractivity contribution in [1.29, 1.82) is 10.5 Å². The molecule has 1 aromatic carbocycles. The van der Waals surface area contributed by atoms with Gasteiger partial charge < -0.3 is 34.7 Å². The lowest BCUT2D eigenvalue weighted by Crippen LogP contribution is -2.27. The second kappa shape index (κ2) is 22.7. The molecule has 4 N–H and O–H groups in total. The van der Waals surface area contributed by atoms with Gasteiger partial charge in [0.15, 0.2) is 11.4 Å². The van der Waals surface area contributed by atoms with E-state index < -0.39 is 43.8 Å². The Morgan fingerprint density at radius 3 is 2.22 bits per heavy atom. The third kappa shape index (κ3) is 12.2. The van der Waals surface area contributed by atoms with Crippen molar-refractivity contribution < 1.29 is 42.6 Å². The minimum atomic E-state index is -4.78. The summed E-state index contributed by atoms with van der Waals surface area (Å²) in [5, 5.41) is 34.8. The minimum absolute atomic E-state index is 0.0865. The van der Waals surface area contributed by atoms with Gasteiger partial charge in [0.2, 0.25) is 0 Å². The van der Waals surface area contributed by atoms with Crippen molar-refractivity contribution in [3.05, 3.63) is 53.5 Å². The van der Waals surface area contributed by atoms with Crippen LogP contribution in [0.4, 0.5) is 5.82 Å². The molecule has 3 aromatic rings. The van der Waals surface area contributed by atoms with Crippen LogP contribution in [0.15, 0.2) is 36.7 Å². The van der Waals surface area contributed by atoms with Crippen molar-refractivity contribution >= 4 is 19.2 Å². The molecule has 58 heavy (non-hydrogen) atoms. The molecule has 5 rings (SSSR count). The highest BCUT2D eigenvalue weighted by molar-refractivity contribution is 7.47. The number of phosphoric acid groups is 1. The maximum Gasteiger partial charge on any atom is 0.472 e. The molecule has 1 saturated heterocycles. The van der Waals surface area contributed by atoms with Gasteiger partial charge in [0.05, 0.1) is 50.2 Å². The Labute approximate surface area is 342 Å². The van der Waals surface area contributed by atoms with E-state index in [1.165, 1.54) is 101 Å². The van der Waals surface area contributed by atoms with Crippen molar-refractivity contribution in [2.75, 3.05) is 32.7 Å². The van der Waals surface area contributed by atoms with Crippen LogP contribution in [0.1, 0.15) is 133 Å². The van der Waals surface area contributed by atoms with Crippen LogP contribution < -0.4 is 10.5 Å². The van der Waals surface area contributed by atoms with Crippen LogP contribution in [0.2, 0.25) is 0 Å². The maximum absolute atomic E-state index is 13.2. The fourth-order valence-electron chi connectivity index (χ4n) is 7.73. The Morgan fingerprint density at radius 2 is 1.62 bits per heavy atom. The maximum atomic E-state index is 13.2. The Balaban J connectivity index is 1.04. The van der Waals surface area contributed by atoms with E-state index in [0.29, 0.717) is 29.1 Å². The van der Waals surface area contributed by atoms with Crippen molar-refractivity contribution in [2.45, 2.75) is 146 Å². The fraction of sp³-hybridized carbons (Fsp3) is 0.667. The average molecular weight is 825 g/mol. The minimum Gasteiger partial charge on any atom is -0.495 e. The standard InChI is InChI=1S/C42H61N6O9P/c1-3-4-5-6-7-8-9-10-11-12-13-14-15-16-17-18-23-53-27-33(54-26-31-19-20-32(25-43)36(24-31)52-2)28-55-58(50,51)57-40-37-38(49)39(56-42(37,40)29-44)34-21-22-35-41(45)46-30-47-48(34)35/h19-22,24,30,33,37-40,49H,3-18,23,26-28H2,1-2H3,(H,50,51)(H2,45,46,47)/t33-,37?,38-,39+,40?,42+/m1/s1. The van der Waals surface area contributed by atoms with Crippen LogP contribution >= 0.6 is 7.82 Å². The molecule has 0 spiro atoms. The van der Waals surface area contributed by atoms with Gasteiger partial charge in [-0.15, -0.1) is 0 Å². The van der Waals surface area contributed by atoms with E-state index in [2.05, 4.69) is 23.1 Å². The molecule has 3 unspecified atom stereocenters. The largest absolute Gasteiger partial charge is 0.495 e. The van der Waals surface area contributed by atoms with E-state index in [9.17, 15) is 25.1 Å². The summed E-state index contributed by atoms with van der Waals surface area (Å²) in [6.45, 7) is 2.57. The van der Waals surface area contributed by atoms with Gasteiger partial charge in [-0.25, -0.2) is 14.1 Å². The van der Waals surface area contributed by atoms with Gasteiger partial charge in [-0.3, -0.25) is 9.05 Å². The number of phosphoric ester groups is 1. The zero-order valence-corrected chi connectivity index (χ0v) is 34.9. The number of hydrogen-bond acceptors (Lipinski definition) is 13. The van der Waals surface area contributed by atoms with E-state index in [-0.39, 0.29) is 25.6 Å². The van der Waals surface area contributed by atoms with E-state index in [1.54, 1.807) is 30.3 Å². The Hall–Kier alpha value is -3.63. The molecular formula is C42H61N6O9P. The van der Waals surface area contributed by atoms with E-state index >= 15 is 0 Å². The third-order valence-corrected chi connectivity index (χ3v) is 12.1. The summed E-state index contributed by atoms with van der Waals surface area (Å²) in [6.07, 6.45) is 17.5. The van der Waals surface area contributed by atoms with Crippen LogP contribution in [0.5, 0.6) is 5.75 Å². The first-order chi connectivity index (χ1) is 28.2. The zero-order chi connectivity index (χ0) is 41.4. The number of aliphatic hydroxyl groups is 1. The highest BCUT2D eigenvalue weighted by Crippen LogP contribution is 2.65. The van der Waals surface area contributed by atoms with Crippen molar-refractivity contribution in [3.8, 4) is 17.9 Å². The molecule has 15 nitrogen and oxygen atoms in total. The zero-order valence-electron chi connectivity index (χ0n) is 34.0. The molecule has 2 fully saturated rings. The second-order valence-electron chi connectivity index (χ2n) is 15.4. The second-order valence-corrected chi connectivity index (χ2v) is 16.8. The number of ether oxygens (including phenoxy) is 4. The normalized spacial score (nSPS) is 22.6. The molecule has 1 aliphatic heterocycles. The molecule has 0 radical (unpaired) electrons. The number of methoxy groups -OCH3 is 1. The summed E-state index contributed by atoms with van der Waals surface area (Å²) < 4.78 is 48.9. The van der Waals surface area contributed by atoms with Gasteiger partial charge in [0, 0.05) is 6.61 Å². The van der Waals surface area contributed by atoms with Crippen molar-refractivity contribution in [2.24, 2.45) is 5.92 Å². The monoisotopic (exact) mass is 824 g/mol. The van der Waals surface area contributed by atoms with Crippen LogP contribution in [-0.4, -0.2) is 75.4 Å². The number of anilines is 1. The van der Waals surface area contributed by atoms with Gasteiger partial charge in [-0.1, -0.05) is 109 Å². The number of aliphatic hydroxyl groups excluding tert-OH is 1. The molecule has 1 saturated carbocycles. The predicted octanol–water partition coefficient (Wildman–Crippen LogP) is 7.88. The lowest BCUT2D eigenvalue weighted by Gasteiger charge is -2.23. The number of unbranched alkanes of at least 4 members (excludes halogenated alkanes) is 15. The molecular weight excluding hydrogens is 763 g/mol. The molecule has 0 amide bonds. The van der Waals surface area contributed by atoms with E-state index in [4.69, 9.17) is 33.7 Å². The number of hydrogen-bond donors (Lipinski definition) is 3. The summed E-state index contributed by atoms with van der Waals surface area (Å²) in [5.74, 6) is -0.282. The van der Waals surface area contributed by atoms with Gasteiger partial charge in [-0.05, 0) is 36.2 Å². The molecule has 1 aliphatic carbocycles. The van der Waals surface area contributed by atoms with Crippen LogP contribution in [0.25, 0.3) is 5.52 Å². The number of fused-ring (bicyclic) bond motifs is 2. The number of nitrogen functional groups attached to an aromatic ring is 1. The lowest BCUT2D eigenvalue weighted by molar-refractivity contribution is -0.0634. The van der Waals surface area contributed by atoms with Gasteiger partial charge in [0.1, 0.15) is 48.0 Å². The van der Waals surface area contributed by atoms with Crippen LogP contribution in [-0.2, 0) is 34.4 Å². The SMILES string of the molecule is CCCCCCCCCCCCCCCCCCOC[C@H](COP(=O)(O)OC1C2[C@@H](O)[C@H](c3ccc4c(N)ncnn34)O[C@]12C#N)OCc1ccc(C#N)c(OC)c1. The van der Waals surface area contributed by atoms with Crippen molar-refractivity contribution in [1.82, 2.24) is 14.6 Å². The van der Waals surface area contributed by atoms with Gasteiger partial charge in [0.25, 0.3) is 0 Å². The third-order valence-electron chi connectivity index (χ3n) is 11.1. The number of rotatable bonds is 29. The van der Waals surface area contributed by atoms with Gasteiger partial charge in [-0.2, -0.15) is 15.6 Å². The highest BCUT2D eigenvalue weighted by atomic mass is 31.2. The first-order valence-electron chi connectivity index (χ1n) is 20.9. The highest BCUT2D eigenvalue weighted by Gasteiger charge is 2.79. The summed E-state index contributed by atoms with van der Waals surface area (Å²) in [6, 6.07) is 12.5. The quantitative estimate of drug-likeness (QED) is 0.0448. The molecule has 3 heterocycles. The summed E-state index contributed by atoms with van der Waals surface area (Å²) in [5.41, 5.74) is 6.32. The number of aromatic nitrogens is 3. The first kappa shape index (κ1) is 45.5. The van der Waals surface area contributed by atoms with Crippen LogP contribution in [0, 0.1) is 28.6 Å². The van der Waals surface area contributed by atoms with E-state index in [0.717, 1.165) is 24.8 Å². The molecule has 16 heteroatoms. The number of nitriles is 2. The average Bonchev–Trinajstić information content (AvgIpc) is 3.44. The lowest BCUT2D eigenvalue weighted by atomic mass is 10.0. The number of benzene rings is 1. The predicted molar refractivity (Wildman–Crippen MR) is 216 cm³/mol. The van der Waals surface area contributed by atoms with Crippen molar-refractivity contribution in [3.63, 3.8) is 0 Å². The summed E-state index contributed by atoms with van der Waals surface area (Å²) in [7, 11) is -3.30. The summed E-state index contributed by atoms with van der Waals surface area (Å²) >= 11 is 0. The Bertz CT molecular complexity index is 1870. The Morgan fingerprint density at radius 1 is 0.966 bits per heavy atom. The smallest absolute Gasteiger partial charge is 0.472 e. The first-order valence-corrected chi connectivity index (χ1v) is 22.4. The topological polar surface area (TPSA) is 217 Å². The molecule has 2 aromatic heterocycles. The molecule has 7 atom stereocenters. The summed E-state index contributed by atoms with van der Waals surface area (Å²) in [4.78, 5) is 14.7. The molecule has 2 aliphatic rings. The van der Waals surface area contributed by atoms with Crippen LogP contribution in [0.3, 0.4) is 0 Å².